The highest BCUT2D eigenvalue weighted by Crippen LogP contribution is 2.44. The lowest BCUT2D eigenvalue weighted by atomic mass is 9.87. The van der Waals surface area contributed by atoms with Crippen molar-refractivity contribution in [1.29, 1.82) is 0 Å². The van der Waals surface area contributed by atoms with Crippen molar-refractivity contribution >= 4 is 11.6 Å². The topological polar surface area (TPSA) is 15.3 Å². The zero-order chi connectivity index (χ0) is 16.4. The molecule has 0 spiro atoms. The van der Waals surface area contributed by atoms with Gasteiger partial charge in [-0.15, -0.1) is 0 Å². The molecule has 2 fully saturated rings. The van der Waals surface area contributed by atoms with Crippen molar-refractivity contribution in [1.82, 2.24) is 10.2 Å². The van der Waals surface area contributed by atoms with Crippen LogP contribution in [0, 0.1) is 5.92 Å². The van der Waals surface area contributed by atoms with Crippen LogP contribution in [0.5, 0.6) is 0 Å². The standard InChI is InChI=1S/C17H22ClF3N2/c18-13-5-6-14(15(11-13)17(19,20)21)16(12-3-1-2-4-12)23-9-7-22-8-10-23/h5-6,11-12,16,22H,1-4,7-10H2/t16-/m1/s1. The normalized spacial score (nSPS) is 22.4. The van der Waals surface area contributed by atoms with Gasteiger partial charge in [0.1, 0.15) is 0 Å². The van der Waals surface area contributed by atoms with Gasteiger partial charge in [0, 0.05) is 37.2 Å². The highest BCUT2D eigenvalue weighted by atomic mass is 35.5. The molecule has 3 rings (SSSR count). The molecule has 1 N–H and O–H groups in total. The van der Waals surface area contributed by atoms with E-state index in [2.05, 4.69) is 10.2 Å². The molecule has 2 aliphatic rings. The lowest BCUT2D eigenvalue weighted by Crippen LogP contribution is -2.47. The molecule has 1 saturated heterocycles. The summed E-state index contributed by atoms with van der Waals surface area (Å²) < 4.78 is 40.7. The molecule has 23 heavy (non-hydrogen) atoms. The van der Waals surface area contributed by atoms with Crippen LogP contribution in [-0.4, -0.2) is 31.1 Å². The number of benzene rings is 1. The summed E-state index contributed by atoms with van der Waals surface area (Å²) in [5.41, 5.74) is -0.170. The van der Waals surface area contributed by atoms with Gasteiger partial charge in [-0.05, 0) is 36.5 Å². The van der Waals surface area contributed by atoms with E-state index in [4.69, 9.17) is 11.6 Å². The Kier molecular flexibility index (Phi) is 5.19. The molecule has 0 radical (unpaired) electrons. The van der Waals surface area contributed by atoms with Gasteiger partial charge in [0.25, 0.3) is 0 Å². The van der Waals surface area contributed by atoms with Gasteiger partial charge >= 0.3 is 6.18 Å². The van der Waals surface area contributed by atoms with E-state index in [1.165, 1.54) is 0 Å². The minimum Gasteiger partial charge on any atom is -0.314 e. The highest BCUT2D eigenvalue weighted by molar-refractivity contribution is 6.30. The van der Waals surface area contributed by atoms with E-state index in [1.807, 2.05) is 0 Å². The molecule has 1 aliphatic carbocycles. The van der Waals surface area contributed by atoms with Crippen molar-refractivity contribution in [3.8, 4) is 0 Å². The molecule has 1 aromatic rings. The van der Waals surface area contributed by atoms with Crippen molar-refractivity contribution in [3.63, 3.8) is 0 Å². The summed E-state index contributed by atoms with van der Waals surface area (Å²) in [5.74, 6) is 0.301. The van der Waals surface area contributed by atoms with E-state index in [-0.39, 0.29) is 11.1 Å². The van der Waals surface area contributed by atoms with Crippen molar-refractivity contribution in [2.24, 2.45) is 5.92 Å². The van der Waals surface area contributed by atoms with Crippen LogP contribution in [0.25, 0.3) is 0 Å². The minimum absolute atomic E-state index is 0.145. The predicted octanol–water partition coefficient (Wildman–Crippen LogP) is 4.50. The maximum Gasteiger partial charge on any atom is 0.416 e. The maximum atomic E-state index is 13.6. The summed E-state index contributed by atoms with van der Waals surface area (Å²) in [6.07, 6.45) is -0.126. The Labute approximate surface area is 140 Å². The molecule has 6 heteroatoms. The fourth-order valence-corrected chi connectivity index (χ4v) is 4.19. The Hall–Kier alpha value is -0.780. The SMILES string of the molecule is FC(F)(F)c1cc(Cl)ccc1[C@@H](C1CCCC1)N1CCNCC1. The molecule has 1 aromatic carbocycles. The third-order valence-corrected chi connectivity index (χ3v) is 5.27. The first-order chi connectivity index (χ1) is 11.0. The zero-order valence-electron chi connectivity index (χ0n) is 13.0. The Balaban J connectivity index is 2.01. The fourth-order valence-electron chi connectivity index (χ4n) is 4.01. The third kappa shape index (κ3) is 3.83. The number of nitrogens with zero attached hydrogens (tertiary/aromatic N) is 1. The van der Waals surface area contributed by atoms with Crippen LogP contribution in [0.1, 0.15) is 42.9 Å². The van der Waals surface area contributed by atoms with Gasteiger partial charge < -0.3 is 5.32 Å². The van der Waals surface area contributed by atoms with Crippen LogP contribution >= 0.6 is 11.6 Å². The predicted molar refractivity (Wildman–Crippen MR) is 85.6 cm³/mol. The molecule has 1 aliphatic heterocycles. The van der Waals surface area contributed by atoms with Gasteiger partial charge in [-0.25, -0.2) is 0 Å². The molecule has 2 nitrogen and oxygen atoms in total. The van der Waals surface area contributed by atoms with Crippen LogP contribution in [0.15, 0.2) is 18.2 Å². The van der Waals surface area contributed by atoms with E-state index in [0.29, 0.717) is 11.5 Å². The molecule has 1 heterocycles. The van der Waals surface area contributed by atoms with Crippen molar-refractivity contribution < 1.29 is 13.2 Å². The van der Waals surface area contributed by atoms with Crippen LogP contribution < -0.4 is 5.32 Å². The molecule has 1 atom stereocenters. The number of piperazine rings is 1. The average Bonchev–Trinajstić information content (AvgIpc) is 3.03. The summed E-state index contributed by atoms with van der Waals surface area (Å²) in [7, 11) is 0. The summed E-state index contributed by atoms with van der Waals surface area (Å²) in [6.45, 7) is 3.25. The van der Waals surface area contributed by atoms with Gasteiger partial charge in [0.05, 0.1) is 5.56 Å². The van der Waals surface area contributed by atoms with E-state index in [9.17, 15) is 13.2 Å². The number of hydrogen-bond acceptors (Lipinski definition) is 2. The monoisotopic (exact) mass is 346 g/mol. The van der Waals surface area contributed by atoms with Crippen molar-refractivity contribution in [2.45, 2.75) is 37.9 Å². The van der Waals surface area contributed by atoms with E-state index < -0.39 is 11.7 Å². The first kappa shape index (κ1) is 17.1. The Morgan fingerprint density at radius 3 is 2.39 bits per heavy atom. The number of halogens is 4. The first-order valence-corrected chi connectivity index (χ1v) is 8.66. The Morgan fingerprint density at radius 2 is 1.78 bits per heavy atom. The molecule has 1 saturated carbocycles. The highest BCUT2D eigenvalue weighted by Gasteiger charge is 2.40. The van der Waals surface area contributed by atoms with E-state index in [0.717, 1.165) is 57.9 Å². The second-order valence-electron chi connectivity index (χ2n) is 6.50. The molecule has 0 aromatic heterocycles. The number of nitrogens with one attached hydrogen (secondary N) is 1. The molecule has 0 amide bonds. The molecule has 0 unspecified atom stereocenters. The Bertz CT molecular complexity index is 535. The van der Waals surface area contributed by atoms with E-state index in [1.54, 1.807) is 12.1 Å². The van der Waals surface area contributed by atoms with Gasteiger partial charge in [-0.2, -0.15) is 13.2 Å². The summed E-state index contributed by atoms with van der Waals surface area (Å²) in [5, 5.41) is 3.43. The Morgan fingerprint density at radius 1 is 1.13 bits per heavy atom. The largest absolute Gasteiger partial charge is 0.416 e. The molecular weight excluding hydrogens is 325 g/mol. The zero-order valence-corrected chi connectivity index (χ0v) is 13.8. The van der Waals surface area contributed by atoms with Gasteiger partial charge in [-0.1, -0.05) is 30.5 Å². The number of alkyl halides is 3. The van der Waals surface area contributed by atoms with Crippen molar-refractivity contribution in [3.05, 3.63) is 34.3 Å². The summed E-state index contributed by atoms with van der Waals surface area (Å²) >= 11 is 5.85. The maximum absolute atomic E-state index is 13.6. The second kappa shape index (κ2) is 6.99. The van der Waals surface area contributed by atoms with Crippen molar-refractivity contribution in [2.75, 3.05) is 26.2 Å². The second-order valence-corrected chi connectivity index (χ2v) is 6.94. The third-order valence-electron chi connectivity index (χ3n) is 5.03. The van der Waals surface area contributed by atoms with Crippen LogP contribution in [0.3, 0.4) is 0 Å². The lowest BCUT2D eigenvalue weighted by molar-refractivity contribution is -0.139. The average molecular weight is 347 g/mol. The van der Waals surface area contributed by atoms with Gasteiger partial charge in [-0.3, -0.25) is 4.90 Å². The fraction of sp³-hybridized carbons (Fsp3) is 0.647. The number of hydrogen-bond donors (Lipinski definition) is 1. The summed E-state index contributed by atoms with van der Waals surface area (Å²) in [4.78, 5) is 2.23. The lowest BCUT2D eigenvalue weighted by Gasteiger charge is -2.39. The van der Waals surface area contributed by atoms with Crippen LogP contribution in [0.4, 0.5) is 13.2 Å². The van der Waals surface area contributed by atoms with Crippen LogP contribution in [-0.2, 0) is 6.18 Å². The van der Waals surface area contributed by atoms with Gasteiger partial charge in [0.15, 0.2) is 0 Å². The van der Waals surface area contributed by atoms with E-state index >= 15 is 0 Å². The first-order valence-electron chi connectivity index (χ1n) is 8.28. The summed E-state index contributed by atoms with van der Waals surface area (Å²) in [6, 6.07) is 4.11. The quantitative estimate of drug-likeness (QED) is 0.867. The van der Waals surface area contributed by atoms with Gasteiger partial charge in [0.2, 0.25) is 0 Å². The smallest absolute Gasteiger partial charge is 0.314 e. The minimum atomic E-state index is -4.37. The molecule has 0 bridgehead atoms. The van der Waals surface area contributed by atoms with Crippen LogP contribution in [0.2, 0.25) is 5.02 Å². The number of rotatable bonds is 3. The molecule has 128 valence electrons. The molecular formula is C17H22ClF3N2.